The maximum Gasteiger partial charge on any atom is 0.293 e. The Morgan fingerprint density at radius 3 is 2.62 bits per heavy atom. The first kappa shape index (κ1) is 28.6. The van der Waals surface area contributed by atoms with E-state index < -0.39 is 23.2 Å². The van der Waals surface area contributed by atoms with E-state index in [1.165, 1.54) is 26.4 Å². The van der Waals surface area contributed by atoms with Crippen molar-refractivity contribution in [2.24, 2.45) is 23.7 Å². The molecule has 3 rings (SSSR count). The molecule has 37 heavy (non-hydrogen) atoms. The lowest BCUT2D eigenvalue weighted by Crippen LogP contribution is -2.56. The number of allylic oxidation sites excluding steroid dienone is 1. The van der Waals surface area contributed by atoms with Gasteiger partial charge in [0.15, 0.2) is 5.78 Å². The molecule has 2 aliphatic rings. The normalized spacial score (nSPS) is 32.1. The van der Waals surface area contributed by atoms with Gasteiger partial charge in [-0.2, -0.15) is 0 Å². The number of hydrogen-bond acceptors (Lipinski definition) is 7. The zero-order valence-corrected chi connectivity index (χ0v) is 22.2. The lowest BCUT2D eigenvalue weighted by molar-refractivity contribution is -0.143. The average molecular weight is 514 g/mol. The lowest BCUT2D eigenvalue weighted by atomic mass is 9.64. The minimum atomic E-state index is -1.64. The number of aliphatic hydroxyl groups is 1. The number of nitrogens with one attached hydrogen (secondary N) is 1. The molecule has 1 aliphatic carbocycles. The van der Waals surface area contributed by atoms with Crippen molar-refractivity contribution in [1.29, 1.82) is 0 Å². The van der Waals surface area contributed by atoms with Crippen molar-refractivity contribution in [2.45, 2.75) is 70.0 Å². The number of epoxide rings is 1. The van der Waals surface area contributed by atoms with Crippen molar-refractivity contribution in [3.05, 3.63) is 60.4 Å². The Kier molecular flexibility index (Phi) is 9.31. The van der Waals surface area contributed by atoms with Crippen LogP contribution in [0.25, 0.3) is 0 Å². The van der Waals surface area contributed by atoms with Gasteiger partial charge in [-0.25, -0.2) is 0 Å². The van der Waals surface area contributed by atoms with Crippen molar-refractivity contribution in [2.75, 3.05) is 7.11 Å². The molecule has 2 N–H and O–H groups in total. The molecule has 1 unspecified atom stereocenters. The van der Waals surface area contributed by atoms with E-state index in [1.54, 1.807) is 6.92 Å². The van der Waals surface area contributed by atoms with E-state index in [-0.39, 0.29) is 35.7 Å². The topological polar surface area (TPSA) is 114 Å². The highest BCUT2D eigenvalue weighted by atomic mass is 16.6. The van der Waals surface area contributed by atoms with Crippen LogP contribution in [0.2, 0.25) is 0 Å². The molecule has 202 valence electrons. The Morgan fingerprint density at radius 1 is 1.30 bits per heavy atom. The first-order chi connectivity index (χ1) is 17.6. The van der Waals surface area contributed by atoms with Gasteiger partial charge in [-0.3, -0.25) is 14.4 Å². The van der Waals surface area contributed by atoms with Crippen LogP contribution in [0.3, 0.4) is 0 Å². The summed E-state index contributed by atoms with van der Waals surface area (Å²) in [5.74, 6) is -1.22. The number of amides is 1. The van der Waals surface area contributed by atoms with E-state index in [4.69, 9.17) is 14.2 Å². The molecule has 1 saturated heterocycles. The molecule has 1 aliphatic heterocycles. The third-order valence-electron chi connectivity index (χ3n) is 8.06. The summed E-state index contributed by atoms with van der Waals surface area (Å²) in [4.78, 5) is 36.0. The number of fused-ring (bicyclic) bond motifs is 1. The molecule has 1 saturated carbocycles. The van der Waals surface area contributed by atoms with Crippen molar-refractivity contribution >= 4 is 18.7 Å². The molecular weight excluding hydrogens is 474 g/mol. The van der Waals surface area contributed by atoms with Gasteiger partial charge in [0, 0.05) is 23.8 Å². The predicted molar refractivity (Wildman–Crippen MR) is 138 cm³/mol. The molecule has 9 atom stereocenters. The van der Waals surface area contributed by atoms with Gasteiger partial charge < -0.3 is 24.6 Å². The summed E-state index contributed by atoms with van der Waals surface area (Å²) < 4.78 is 16.7. The van der Waals surface area contributed by atoms with Gasteiger partial charge in [0.25, 0.3) is 6.47 Å². The van der Waals surface area contributed by atoms with Crippen LogP contribution in [-0.2, 0) is 35.0 Å². The van der Waals surface area contributed by atoms with Gasteiger partial charge >= 0.3 is 0 Å². The Labute approximate surface area is 219 Å². The maximum absolute atomic E-state index is 12.7. The zero-order valence-electron chi connectivity index (χ0n) is 22.2. The number of rotatable bonds is 14. The highest BCUT2D eigenvalue weighted by Crippen LogP contribution is 2.57. The number of benzene rings is 1. The Bertz CT molecular complexity index is 991. The number of hydrogen-bond donors (Lipinski definition) is 2. The van der Waals surface area contributed by atoms with Crippen LogP contribution in [0.1, 0.15) is 39.7 Å². The molecule has 1 heterocycles. The summed E-state index contributed by atoms with van der Waals surface area (Å²) >= 11 is 0. The fourth-order valence-electron chi connectivity index (χ4n) is 5.79. The molecule has 0 spiro atoms. The molecule has 1 amide bonds. The van der Waals surface area contributed by atoms with Gasteiger partial charge in [-0.05, 0) is 44.2 Å². The molecule has 1 aromatic rings. The number of carbonyl (C=O) groups excluding carboxylic acids is 3. The third kappa shape index (κ3) is 6.30. The van der Waals surface area contributed by atoms with E-state index in [0.29, 0.717) is 25.7 Å². The van der Waals surface area contributed by atoms with Crippen LogP contribution >= 0.6 is 0 Å². The highest BCUT2D eigenvalue weighted by Gasteiger charge is 2.68. The van der Waals surface area contributed by atoms with E-state index in [1.807, 2.05) is 42.5 Å². The van der Waals surface area contributed by atoms with Crippen molar-refractivity contribution in [1.82, 2.24) is 5.32 Å². The summed E-state index contributed by atoms with van der Waals surface area (Å²) in [6.45, 7) is 7.78. The molecular formula is C29H39NO7. The smallest absolute Gasteiger partial charge is 0.293 e. The van der Waals surface area contributed by atoms with Gasteiger partial charge in [-0.15, -0.1) is 0 Å². The predicted octanol–water partition coefficient (Wildman–Crippen LogP) is 2.99. The Hall–Kier alpha value is -2.97. The first-order valence-corrected chi connectivity index (χ1v) is 12.7. The number of ether oxygens (including phenoxy) is 3. The highest BCUT2D eigenvalue weighted by molar-refractivity contribution is 5.90. The summed E-state index contributed by atoms with van der Waals surface area (Å²) in [6.07, 6.45) is 7.46. The number of carbonyl (C=O) groups is 3. The first-order valence-electron chi connectivity index (χ1n) is 12.7. The zero-order chi connectivity index (χ0) is 27.2. The van der Waals surface area contributed by atoms with E-state index in [2.05, 4.69) is 19.2 Å². The van der Waals surface area contributed by atoms with Gasteiger partial charge in [-0.1, -0.05) is 56.3 Å². The lowest BCUT2D eigenvalue weighted by Gasteiger charge is -2.44. The second kappa shape index (κ2) is 12.0. The molecule has 8 nitrogen and oxygen atoms in total. The number of ketones is 1. The Balaban J connectivity index is 1.83. The molecule has 0 bridgehead atoms. The molecule has 0 radical (unpaired) electrons. The van der Waals surface area contributed by atoms with Gasteiger partial charge in [0.1, 0.15) is 11.7 Å². The molecule has 2 fully saturated rings. The second-order valence-corrected chi connectivity index (χ2v) is 10.6. The SMILES string of the molecule is COC=C[C@@](C)(O)C(=O)[C@@H](C)CC=C[C@@H]1[C@@H](OC=O)[C@H]([C@H](Cc2ccccc2)NC=O)C(C)[C@@]2(C)O[C@@H]12. The van der Waals surface area contributed by atoms with Gasteiger partial charge in [0.2, 0.25) is 6.41 Å². The number of Topliss-reactive ketones (excluding diaryl/α,β-unsaturated/α-hetero) is 1. The molecule has 1 aromatic carbocycles. The van der Waals surface area contributed by atoms with E-state index in [0.717, 1.165) is 5.56 Å². The summed E-state index contributed by atoms with van der Waals surface area (Å²) in [6, 6.07) is 9.58. The second-order valence-electron chi connectivity index (χ2n) is 10.6. The van der Waals surface area contributed by atoms with Crippen molar-refractivity contribution in [3.8, 4) is 0 Å². The molecule has 8 heteroatoms. The minimum Gasteiger partial charge on any atom is -0.505 e. The van der Waals surface area contributed by atoms with Crippen LogP contribution < -0.4 is 5.32 Å². The van der Waals surface area contributed by atoms with Crippen molar-refractivity contribution in [3.63, 3.8) is 0 Å². The van der Waals surface area contributed by atoms with Crippen LogP contribution in [0.15, 0.2) is 54.8 Å². The van der Waals surface area contributed by atoms with Crippen LogP contribution in [0, 0.1) is 23.7 Å². The fraction of sp³-hybridized carbons (Fsp3) is 0.552. The van der Waals surface area contributed by atoms with E-state index >= 15 is 0 Å². The average Bonchev–Trinajstić information content (AvgIpc) is 3.58. The monoisotopic (exact) mass is 513 g/mol. The van der Waals surface area contributed by atoms with E-state index in [9.17, 15) is 19.5 Å². The molecule has 0 aromatic heterocycles. The Morgan fingerprint density at radius 2 is 2.00 bits per heavy atom. The maximum atomic E-state index is 12.7. The quantitative estimate of drug-likeness (QED) is 0.170. The minimum absolute atomic E-state index is 0.0106. The summed E-state index contributed by atoms with van der Waals surface area (Å²) in [7, 11) is 1.45. The third-order valence-corrected chi connectivity index (χ3v) is 8.06. The van der Waals surface area contributed by atoms with Crippen LogP contribution in [0.4, 0.5) is 0 Å². The van der Waals surface area contributed by atoms with Crippen LogP contribution in [-0.4, -0.2) is 60.3 Å². The number of methoxy groups -OCH3 is 1. The largest absolute Gasteiger partial charge is 0.505 e. The summed E-state index contributed by atoms with van der Waals surface area (Å²) in [5.41, 5.74) is -0.990. The van der Waals surface area contributed by atoms with Gasteiger partial charge in [0.05, 0.1) is 25.1 Å². The fourth-order valence-corrected chi connectivity index (χ4v) is 5.79. The van der Waals surface area contributed by atoms with Crippen molar-refractivity contribution < 1.29 is 33.7 Å². The standard InChI is InChI=1S/C29H39NO7/c1-19(26(33)28(3,34)14-15-35-5)10-9-13-22-25(36-18-32)24(20(2)29(4)27(22)37-29)23(30-17-31)16-21-11-7-6-8-12-21/h6-9,11-15,17-20,22-25,27,34H,10,16H2,1-5H3,(H,30,31)/t19-,20?,22+,23-,24-,25+,27-,28+,29+/m0/s1. The summed E-state index contributed by atoms with van der Waals surface area (Å²) in [5, 5.41) is 13.4. The van der Waals surface area contributed by atoms with Crippen LogP contribution in [0.5, 0.6) is 0 Å².